The Bertz CT molecular complexity index is 1420. The van der Waals surface area contributed by atoms with Gasteiger partial charge < -0.3 is 9.32 Å². The lowest BCUT2D eigenvalue weighted by molar-refractivity contribution is 0.569. The van der Waals surface area contributed by atoms with Crippen molar-refractivity contribution in [3.63, 3.8) is 0 Å². The summed E-state index contributed by atoms with van der Waals surface area (Å²) >= 11 is 0. The van der Waals surface area contributed by atoms with Crippen LogP contribution in [0.3, 0.4) is 0 Å². The maximum absolute atomic E-state index is 12.7. The van der Waals surface area contributed by atoms with Crippen molar-refractivity contribution >= 4 is 49.2 Å². The van der Waals surface area contributed by atoms with Gasteiger partial charge in [-0.15, -0.1) is 0 Å². The lowest BCUT2D eigenvalue weighted by atomic mass is 10.0. The van der Waals surface area contributed by atoms with E-state index in [9.17, 15) is 4.79 Å². The summed E-state index contributed by atoms with van der Waals surface area (Å²) in [5.41, 5.74) is 2.88. The van der Waals surface area contributed by atoms with Crippen LogP contribution in [0.2, 0.25) is 0 Å². The van der Waals surface area contributed by atoms with E-state index in [1.165, 1.54) is 0 Å². The predicted molar refractivity (Wildman–Crippen MR) is 116 cm³/mol. The number of pyridine rings is 1. The Balaban J connectivity index is 1.88. The first kappa shape index (κ1) is 16.8. The monoisotopic (exact) mass is 368 g/mol. The van der Waals surface area contributed by atoms with Gasteiger partial charge in [-0.2, -0.15) is 0 Å². The Hall–Kier alpha value is -3.40. The van der Waals surface area contributed by atoms with Gasteiger partial charge in [0.15, 0.2) is 0 Å². The Morgan fingerprint density at radius 2 is 1.61 bits per heavy atom. The number of benzene rings is 3. The van der Waals surface area contributed by atoms with Crippen molar-refractivity contribution in [2.75, 3.05) is 18.0 Å². The first-order valence-electron chi connectivity index (χ1n) is 9.63. The number of anilines is 1. The smallest absolute Gasteiger partial charge is 0.345 e. The molecule has 0 N–H and O–H groups in total. The molecular weight excluding hydrogens is 348 g/mol. The van der Waals surface area contributed by atoms with Crippen LogP contribution in [0.25, 0.3) is 43.5 Å². The van der Waals surface area contributed by atoms with E-state index in [1.807, 2.05) is 36.4 Å². The second-order valence-electron chi connectivity index (χ2n) is 6.99. The molecule has 2 aromatic heterocycles. The molecule has 0 aliphatic heterocycles. The summed E-state index contributed by atoms with van der Waals surface area (Å²) in [4.78, 5) is 19.9. The third-order valence-electron chi connectivity index (χ3n) is 5.48. The molecule has 0 aliphatic rings. The molecule has 0 fully saturated rings. The molecule has 0 bridgehead atoms. The van der Waals surface area contributed by atoms with Gasteiger partial charge in [-0.25, -0.2) is 9.78 Å². The van der Waals surface area contributed by atoms with Crippen LogP contribution in [0.4, 0.5) is 5.69 Å². The average Bonchev–Trinajstić information content (AvgIpc) is 2.73. The number of nitrogens with zero attached hydrogens (tertiary/aromatic N) is 2. The zero-order chi connectivity index (χ0) is 19.3. The highest BCUT2D eigenvalue weighted by Crippen LogP contribution is 2.30. The molecule has 3 aromatic carbocycles. The highest BCUT2D eigenvalue weighted by Gasteiger charge is 2.13. The quantitative estimate of drug-likeness (QED) is 0.240. The molecule has 5 aromatic rings. The highest BCUT2D eigenvalue weighted by molar-refractivity contribution is 6.12. The van der Waals surface area contributed by atoms with Crippen molar-refractivity contribution in [3.05, 3.63) is 71.1 Å². The van der Waals surface area contributed by atoms with Gasteiger partial charge in [0.05, 0.1) is 16.4 Å². The minimum Gasteiger partial charge on any atom is -0.422 e. The van der Waals surface area contributed by atoms with E-state index >= 15 is 0 Å². The Morgan fingerprint density at radius 3 is 2.43 bits per heavy atom. The van der Waals surface area contributed by atoms with E-state index in [4.69, 9.17) is 9.40 Å². The fraction of sp³-hybridized carbons (Fsp3) is 0.167. The van der Waals surface area contributed by atoms with Crippen molar-refractivity contribution in [1.82, 2.24) is 4.98 Å². The normalized spacial score (nSPS) is 11.6. The van der Waals surface area contributed by atoms with Crippen LogP contribution < -0.4 is 10.5 Å². The van der Waals surface area contributed by atoms with Crippen LogP contribution in [0.1, 0.15) is 13.8 Å². The lowest BCUT2D eigenvalue weighted by Gasteiger charge is -2.21. The third kappa shape index (κ3) is 2.45. The highest BCUT2D eigenvalue weighted by atomic mass is 16.4. The average molecular weight is 368 g/mol. The lowest BCUT2D eigenvalue weighted by Crippen LogP contribution is -2.21. The van der Waals surface area contributed by atoms with Gasteiger partial charge in [0.1, 0.15) is 5.58 Å². The SMILES string of the molecule is CCN(CC)c1ccc2c(c1)oc(=O)c1cc3ccc4ccccc4c3nc12. The van der Waals surface area contributed by atoms with E-state index in [2.05, 4.69) is 43.0 Å². The van der Waals surface area contributed by atoms with E-state index in [1.54, 1.807) is 0 Å². The first-order chi connectivity index (χ1) is 13.7. The van der Waals surface area contributed by atoms with Crippen molar-refractivity contribution in [2.45, 2.75) is 13.8 Å². The molecule has 0 amide bonds. The first-order valence-corrected chi connectivity index (χ1v) is 9.63. The summed E-state index contributed by atoms with van der Waals surface area (Å²) in [5, 5.41) is 4.55. The molecule has 0 atom stereocenters. The van der Waals surface area contributed by atoms with Crippen molar-refractivity contribution in [2.24, 2.45) is 0 Å². The van der Waals surface area contributed by atoms with E-state index in [-0.39, 0.29) is 5.63 Å². The van der Waals surface area contributed by atoms with Gasteiger partial charge in [-0.1, -0.05) is 36.4 Å². The zero-order valence-corrected chi connectivity index (χ0v) is 15.9. The molecule has 0 radical (unpaired) electrons. The molecule has 28 heavy (non-hydrogen) atoms. The van der Waals surface area contributed by atoms with Crippen molar-refractivity contribution in [3.8, 4) is 0 Å². The standard InChI is InChI=1S/C24H20N2O2/c1-3-26(4-2)17-11-12-19-21(14-17)28-24(27)20-13-16-10-9-15-7-5-6-8-18(15)22(16)25-23(19)20/h5-14H,3-4H2,1-2H3. The zero-order valence-electron chi connectivity index (χ0n) is 15.9. The maximum Gasteiger partial charge on any atom is 0.345 e. The molecule has 0 saturated carbocycles. The van der Waals surface area contributed by atoms with Gasteiger partial charge in [0.25, 0.3) is 0 Å². The second kappa shape index (κ2) is 6.34. The molecule has 0 spiro atoms. The molecule has 5 rings (SSSR count). The second-order valence-corrected chi connectivity index (χ2v) is 6.99. The number of hydrogen-bond acceptors (Lipinski definition) is 4. The topological polar surface area (TPSA) is 46.3 Å². The minimum absolute atomic E-state index is 0.346. The fourth-order valence-electron chi connectivity index (χ4n) is 4.00. The largest absolute Gasteiger partial charge is 0.422 e. The molecule has 0 aliphatic carbocycles. The molecular formula is C24H20N2O2. The van der Waals surface area contributed by atoms with Gasteiger partial charge in [0.2, 0.25) is 0 Å². The number of aromatic nitrogens is 1. The molecule has 0 saturated heterocycles. The number of rotatable bonds is 3. The number of hydrogen-bond donors (Lipinski definition) is 0. The summed E-state index contributed by atoms with van der Waals surface area (Å²) in [6.45, 7) is 6.02. The van der Waals surface area contributed by atoms with Crippen molar-refractivity contribution in [1.29, 1.82) is 0 Å². The fourth-order valence-corrected chi connectivity index (χ4v) is 4.00. The molecule has 2 heterocycles. The summed E-state index contributed by atoms with van der Waals surface area (Å²) in [5.74, 6) is 0. The summed E-state index contributed by atoms with van der Waals surface area (Å²) in [6.07, 6.45) is 0. The van der Waals surface area contributed by atoms with Crippen LogP contribution in [0.5, 0.6) is 0 Å². The van der Waals surface area contributed by atoms with Crippen LogP contribution in [-0.4, -0.2) is 18.1 Å². The summed E-state index contributed by atoms with van der Waals surface area (Å²) < 4.78 is 5.67. The van der Waals surface area contributed by atoms with Gasteiger partial charge in [0, 0.05) is 41.0 Å². The molecule has 4 heteroatoms. The number of fused-ring (bicyclic) bond motifs is 6. The van der Waals surface area contributed by atoms with Gasteiger partial charge >= 0.3 is 5.63 Å². The van der Waals surface area contributed by atoms with Crippen LogP contribution >= 0.6 is 0 Å². The Labute approximate surface area is 162 Å². The predicted octanol–water partition coefficient (Wildman–Crippen LogP) is 5.49. The summed E-state index contributed by atoms with van der Waals surface area (Å²) in [7, 11) is 0. The summed E-state index contributed by atoms with van der Waals surface area (Å²) in [6, 6.07) is 20.2. The Morgan fingerprint density at radius 1 is 0.821 bits per heavy atom. The molecule has 0 unspecified atom stereocenters. The van der Waals surface area contributed by atoms with E-state index < -0.39 is 0 Å². The maximum atomic E-state index is 12.7. The molecule has 4 nitrogen and oxygen atoms in total. The molecule has 138 valence electrons. The van der Waals surface area contributed by atoms with Crippen LogP contribution in [0.15, 0.2) is 69.9 Å². The Kier molecular flexibility index (Phi) is 3.79. The van der Waals surface area contributed by atoms with E-state index in [0.29, 0.717) is 16.5 Å². The van der Waals surface area contributed by atoms with Crippen molar-refractivity contribution < 1.29 is 4.42 Å². The van der Waals surface area contributed by atoms with Gasteiger partial charge in [-0.3, -0.25) is 0 Å². The third-order valence-corrected chi connectivity index (χ3v) is 5.48. The minimum atomic E-state index is -0.346. The van der Waals surface area contributed by atoms with Crippen LogP contribution in [0, 0.1) is 0 Å². The van der Waals surface area contributed by atoms with E-state index in [0.717, 1.165) is 45.8 Å². The van der Waals surface area contributed by atoms with Gasteiger partial charge in [-0.05, 0) is 37.4 Å². The van der Waals surface area contributed by atoms with Crippen LogP contribution in [-0.2, 0) is 0 Å².